The van der Waals surface area contributed by atoms with E-state index >= 15 is 0 Å². The molecule has 0 saturated carbocycles. The van der Waals surface area contributed by atoms with Crippen LogP contribution in [0.15, 0.2) is 48.5 Å². The number of amides is 2. The van der Waals surface area contributed by atoms with Crippen molar-refractivity contribution in [2.45, 2.75) is 13.3 Å². The summed E-state index contributed by atoms with van der Waals surface area (Å²) in [6, 6.07) is 12.7. The van der Waals surface area contributed by atoms with E-state index in [-0.39, 0.29) is 28.7 Å². The van der Waals surface area contributed by atoms with Crippen LogP contribution in [0.2, 0.25) is 0 Å². The third kappa shape index (κ3) is 5.35. The molecule has 0 radical (unpaired) electrons. The molecule has 0 aliphatic carbocycles. The first-order chi connectivity index (χ1) is 12.4. The number of hydrogen-bond acceptors (Lipinski definition) is 5. The van der Waals surface area contributed by atoms with Crippen LogP contribution in [0.25, 0.3) is 0 Å². The van der Waals surface area contributed by atoms with Crippen molar-refractivity contribution < 1.29 is 14.5 Å². The first kappa shape index (κ1) is 19.0. The Hall–Kier alpha value is -3.33. The highest BCUT2D eigenvalue weighted by atomic mass is 32.1. The SMILES string of the molecule is Cc1ccccc1CC(=O)NC(=S)NNC(=O)c1cccc([N+](=O)[O-])c1. The zero-order valence-corrected chi connectivity index (χ0v) is 14.6. The predicted molar refractivity (Wildman–Crippen MR) is 99.3 cm³/mol. The summed E-state index contributed by atoms with van der Waals surface area (Å²) in [6.45, 7) is 1.90. The molecule has 134 valence electrons. The van der Waals surface area contributed by atoms with E-state index in [0.717, 1.165) is 17.2 Å². The van der Waals surface area contributed by atoms with E-state index in [2.05, 4.69) is 16.2 Å². The average Bonchev–Trinajstić information content (AvgIpc) is 2.61. The molecule has 0 aromatic heterocycles. The molecule has 0 aliphatic heterocycles. The lowest BCUT2D eigenvalue weighted by molar-refractivity contribution is -0.384. The topological polar surface area (TPSA) is 113 Å². The van der Waals surface area contributed by atoms with Gasteiger partial charge in [-0.2, -0.15) is 0 Å². The molecule has 2 aromatic rings. The van der Waals surface area contributed by atoms with Gasteiger partial charge in [0.25, 0.3) is 11.6 Å². The van der Waals surface area contributed by atoms with Crippen molar-refractivity contribution in [2.75, 3.05) is 0 Å². The molecule has 0 unspecified atom stereocenters. The molecule has 9 heteroatoms. The van der Waals surface area contributed by atoms with E-state index < -0.39 is 10.8 Å². The van der Waals surface area contributed by atoms with E-state index in [0.29, 0.717) is 0 Å². The van der Waals surface area contributed by atoms with Crippen molar-refractivity contribution in [3.05, 3.63) is 75.3 Å². The fourth-order valence-electron chi connectivity index (χ4n) is 2.13. The normalized spacial score (nSPS) is 9.88. The highest BCUT2D eigenvalue weighted by molar-refractivity contribution is 7.80. The van der Waals surface area contributed by atoms with Crippen molar-refractivity contribution in [1.29, 1.82) is 0 Å². The fourth-order valence-corrected chi connectivity index (χ4v) is 2.29. The van der Waals surface area contributed by atoms with Gasteiger partial charge in [0.1, 0.15) is 0 Å². The van der Waals surface area contributed by atoms with Gasteiger partial charge in [-0.25, -0.2) is 0 Å². The summed E-state index contributed by atoms with van der Waals surface area (Å²) < 4.78 is 0. The van der Waals surface area contributed by atoms with Gasteiger partial charge in [0.05, 0.1) is 11.3 Å². The number of nitrogens with one attached hydrogen (secondary N) is 3. The van der Waals surface area contributed by atoms with Crippen LogP contribution in [0.4, 0.5) is 5.69 Å². The first-order valence-electron chi connectivity index (χ1n) is 7.56. The van der Waals surface area contributed by atoms with Gasteiger partial charge < -0.3 is 5.32 Å². The third-order valence-corrected chi connectivity index (χ3v) is 3.68. The summed E-state index contributed by atoms with van der Waals surface area (Å²) in [5.41, 5.74) is 6.41. The van der Waals surface area contributed by atoms with Crippen LogP contribution in [0.5, 0.6) is 0 Å². The molecule has 0 fully saturated rings. The monoisotopic (exact) mass is 372 g/mol. The summed E-state index contributed by atoms with van der Waals surface area (Å²) in [7, 11) is 0. The maximum absolute atomic E-state index is 12.0. The lowest BCUT2D eigenvalue weighted by Crippen LogP contribution is -2.48. The Kier molecular flexibility index (Phi) is 6.34. The van der Waals surface area contributed by atoms with Gasteiger partial charge in [-0.05, 0) is 36.3 Å². The summed E-state index contributed by atoms with van der Waals surface area (Å²) in [4.78, 5) is 34.1. The van der Waals surface area contributed by atoms with Crippen molar-refractivity contribution >= 4 is 34.8 Å². The quantitative estimate of drug-likeness (QED) is 0.428. The number of benzene rings is 2. The molecule has 2 aromatic carbocycles. The molecule has 26 heavy (non-hydrogen) atoms. The molecule has 3 N–H and O–H groups in total. The van der Waals surface area contributed by atoms with Gasteiger partial charge in [-0.15, -0.1) is 0 Å². The largest absolute Gasteiger partial charge is 0.302 e. The van der Waals surface area contributed by atoms with Crippen LogP contribution in [0.3, 0.4) is 0 Å². The third-order valence-electron chi connectivity index (χ3n) is 3.47. The zero-order valence-electron chi connectivity index (χ0n) is 13.8. The molecule has 0 bridgehead atoms. The summed E-state index contributed by atoms with van der Waals surface area (Å²) in [6.07, 6.45) is 0.146. The molecule has 0 heterocycles. The summed E-state index contributed by atoms with van der Waals surface area (Å²) >= 11 is 4.95. The molecule has 0 aliphatic rings. The van der Waals surface area contributed by atoms with Gasteiger partial charge in [-0.1, -0.05) is 30.3 Å². The average molecular weight is 372 g/mol. The number of carbonyl (C=O) groups excluding carboxylic acids is 2. The lowest BCUT2D eigenvalue weighted by Gasteiger charge is -2.11. The smallest absolute Gasteiger partial charge is 0.270 e. The molecule has 8 nitrogen and oxygen atoms in total. The zero-order chi connectivity index (χ0) is 19.1. The molecule has 0 atom stereocenters. The van der Waals surface area contributed by atoms with Crippen molar-refractivity contribution in [2.24, 2.45) is 0 Å². The number of nitro groups is 1. The Morgan fingerprint density at radius 3 is 2.54 bits per heavy atom. The van der Waals surface area contributed by atoms with E-state index in [4.69, 9.17) is 12.2 Å². The maximum Gasteiger partial charge on any atom is 0.270 e. The van der Waals surface area contributed by atoms with E-state index in [9.17, 15) is 19.7 Å². The van der Waals surface area contributed by atoms with Crippen LogP contribution in [-0.4, -0.2) is 21.9 Å². The van der Waals surface area contributed by atoms with Crippen LogP contribution in [0, 0.1) is 17.0 Å². The van der Waals surface area contributed by atoms with Gasteiger partial charge in [0.15, 0.2) is 5.11 Å². The van der Waals surface area contributed by atoms with Crippen molar-refractivity contribution in [3.63, 3.8) is 0 Å². The van der Waals surface area contributed by atoms with Gasteiger partial charge in [-0.3, -0.25) is 30.6 Å². The molecular formula is C17H16N4O4S. The van der Waals surface area contributed by atoms with Crippen LogP contribution in [-0.2, 0) is 11.2 Å². The Bertz CT molecular complexity index is 869. The Morgan fingerprint density at radius 2 is 1.85 bits per heavy atom. The number of non-ortho nitro benzene ring substituents is 1. The van der Waals surface area contributed by atoms with Gasteiger partial charge in [0, 0.05) is 17.7 Å². The highest BCUT2D eigenvalue weighted by Gasteiger charge is 2.12. The molecule has 0 spiro atoms. The van der Waals surface area contributed by atoms with E-state index in [1.807, 2.05) is 31.2 Å². The minimum Gasteiger partial charge on any atom is -0.302 e. The Morgan fingerprint density at radius 1 is 1.12 bits per heavy atom. The number of hydrazine groups is 1. The number of rotatable bonds is 4. The second-order valence-corrected chi connectivity index (χ2v) is 5.78. The highest BCUT2D eigenvalue weighted by Crippen LogP contribution is 2.12. The number of aryl methyl sites for hydroxylation is 1. The van der Waals surface area contributed by atoms with E-state index in [1.54, 1.807) is 0 Å². The van der Waals surface area contributed by atoms with Gasteiger partial charge >= 0.3 is 0 Å². The van der Waals surface area contributed by atoms with Crippen LogP contribution in [0.1, 0.15) is 21.5 Å². The Balaban J connectivity index is 1.85. The van der Waals surface area contributed by atoms with Crippen molar-refractivity contribution in [3.8, 4) is 0 Å². The minimum absolute atomic E-state index is 0.0811. The Labute approximate surface area is 154 Å². The van der Waals surface area contributed by atoms with Crippen LogP contribution >= 0.6 is 12.2 Å². The maximum atomic E-state index is 12.0. The molecule has 0 saturated heterocycles. The fraction of sp³-hybridized carbons (Fsp3) is 0.118. The minimum atomic E-state index is -0.621. The summed E-state index contributed by atoms with van der Waals surface area (Å²) in [5.74, 6) is -0.953. The predicted octanol–water partition coefficient (Wildman–Crippen LogP) is 1.78. The summed E-state index contributed by atoms with van der Waals surface area (Å²) in [5, 5.41) is 13.1. The second-order valence-electron chi connectivity index (χ2n) is 5.37. The van der Waals surface area contributed by atoms with Crippen molar-refractivity contribution in [1.82, 2.24) is 16.2 Å². The number of thiocarbonyl (C=S) groups is 1. The molecular weight excluding hydrogens is 356 g/mol. The van der Waals surface area contributed by atoms with E-state index in [1.165, 1.54) is 18.2 Å². The molecule has 2 rings (SSSR count). The van der Waals surface area contributed by atoms with Gasteiger partial charge in [0.2, 0.25) is 5.91 Å². The number of nitrogens with zero attached hydrogens (tertiary/aromatic N) is 1. The lowest BCUT2D eigenvalue weighted by atomic mass is 10.1. The molecule has 2 amide bonds. The number of nitro benzene ring substituents is 1. The number of carbonyl (C=O) groups is 2. The first-order valence-corrected chi connectivity index (χ1v) is 7.97. The number of hydrogen-bond donors (Lipinski definition) is 3. The standard InChI is InChI=1S/C17H16N4O4S/c1-11-5-2-3-6-12(11)10-15(22)18-17(26)20-19-16(23)13-7-4-8-14(9-13)21(24)25/h2-9H,10H2,1H3,(H,19,23)(H2,18,20,22,26). The van der Waals surface area contributed by atoms with Crippen LogP contribution < -0.4 is 16.2 Å². The second kappa shape index (κ2) is 8.67.